The van der Waals surface area contributed by atoms with E-state index in [1.54, 1.807) is 11.3 Å². The first kappa shape index (κ1) is 13.6. The molecule has 5 heteroatoms. The van der Waals surface area contributed by atoms with Crippen LogP contribution in [0.2, 0.25) is 0 Å². The molecule has 4 rings (SSSR count). The minimum atomic E-state index is -0.547. The van der Waals surface area contributed by atoms with Crippen molar-refractivity contribution in [1.29, 1.82) is 0 Å². The molecule has 22 heavy (non-hydrogen) atoms. The van der Waals surface area contributed by atoms with Crippen molar-refractivity contribution in [3.05, 3.63) is 46.7 Å². The lowest BCUT2D eigenvalue weighted by atomic mass is 10.2. The lowest BCUT2D eigenvalue weighted by Crippen LogP contribution is -2.47. The first-order valence-electron chi connectivity index (χ1n) is 7.51. The van der Waals surface area contributed by atoms with Gasteiger partial charge in [-0.3, -0.25) is 4.79 Å². The molecule has 1 amide bonds. The van der Waals surface area contributed by atoms with Crippen molar-refractivity contribution in [1.82, 2.24) is 4.90 Å². The van der Waals surface area contributed by atoms with Gasteiger partial charge in [-0.25, -0.2) is 0 Å². The van der Waals surface area contributed by atoms with Gasteiger partial charge in [-0.15, -0.1) is 0 Å². The molecule has 0 N–H and O–H groups in total. The number of benzene rings is 1. The van der Waals surface area contributed by atoms with Crippen LogP contribution in [0.1, 0.15) is 18.4 Å². The lowest BCUT2D eigenvalue weighted by Gasteiger charge is -2.30. The van der Waals surface area contributed by atoms with Crippen LogP contribution in [0.4, 0.5) is 0 Å². The van der Waals surface area contributed by atoms with Crippen molar-refractivity contribution < 1.29 is 14.3 Å². The highest BCUT2D eigenvalue weighted by Gasteiger charge is 2.38. The zero-order valence-electron chi connectivity index (χ0n) is 12.1. The molecule has 1 aliphatic heterocycles. The van der Waals surface area contributed by atoms with E-state index in [4.69, 9.17) is 9.47 Å². The van der Waals surface area contributed by atoms with Crippen molar-refractivity contribution >= 4 is 17.2 Å². The van der Waals surface area contributed by atoms with Crippen LogP contribution in [-0.2, 0) is 11.3 Å². The SMILES string of the molecule is O=C(C1COc2ccccc2O1)N(Cc1ccsc1)C1CC1. The first-order chi connectivity index (χ1) is 10.8. The summed E-state index contributed by atoms with van der Waals surface area (Å²) in [6.07, 6.45) is 1.62. The summed E-state index contributed by atoms with van der Waals surface area (Å²) < 4.78 is 11.5. The minimum Gasteiger partial charge on any atom is -0.485 e. The van der Waals surface area contributed by atoms with Crippen LogP contribution in [0.25, 0.3) is 0 Å². The summed E-state index contributed by atoms with van der Waals surface area (Å²) >= 11 is 1.66. The molecule has 1 unspecified atom stereocenters. The molecule has 114 valence electrons. The van der Waals surface area contributed by atoms with Gasteiger partial charge in [0.1, 0.15) is 6.61 Å². The van der Waals surface area contributed by atoms with E-state index in [1.165, 1.54) is 5.56 Å². The molecule has 1 fully saturated rings. The maximum Gasteiger partial charge on any atom is 0.267 e. The molecule has 0 radical (unpaired) electrons. The van der Waals surface area contributed by atoms with Gasteiger partial charge in [0.2, 0.25) is 6.10 Å². The highest BCUT2D eigenvalue weighted by molar-refractivity contribution is 7.07. The van der Waals surface area contributed by atoms with Crippen LogP contribution in [0, 0.1) is 0 Å². The number of carbonyl (C=O) groups excluding carboxylic acids is 1. The van der Waals surface area contributed by atoms with Crippen molar-refractivity contribution in [2.45, 2.75) is 31.5 Å². The number of hydrogen-bond donors (Lipinski definition) is 0. The smallest absolute Gasteiger partial charge is 0.267 e. The number of thiophene rings is 1. The van der Waals surface area contributed by atoms with E-state index >= 15 is 0 Å². The Morgan fingerprint density at radius 3 is 2.77 bits per heavy atom. The highest BCUT2D eigenvalue weighted by Crippen LogP contribution is 2.34. The number of rotatable bonds is 4. The lowest BCUT2D eigenvalue weighted by molar-refractivity contribution is -0.142. The second-order valence-corrected chi connectivity index (χ2v) is 6.47. The standard InChI is InChI=1S/C17H17NO3S/c19-17(16-10-20-14-3-1-2-4-15(14)21-16)18(13-5-6-13)9-12-7-8-22-11-12/h1-4,7-8,11,13,16H,5-6,9-10H2. The molecule has 0 spiro atoms. The number of nitrogens with zero attached hydrogens (tertiary/aromatic N) is 1. The summed E-state index contributed by atoms with van der Waals surface area (Å²) in [4.78, 5) is 14.8. The summed E-state index contributed by atoms with van der Waals surface area (Å²) in [6, 6.07) is 9.92. The second kappa shape index (κ2) is 5.65. The van der Waals surface area contributed by atoms with Gasteiger partial charge in [0.25, 0.3) is 5.91 Å². The first-order valence-corrected chi connectivity index (χ1v) is 8.45. The molecule has 0 saturated heterocycles. The molecule has 2 aromatic rings. The Kier molecular flexibility index (Phi) is 3.50. The van der Waals surface area contributed by atoms with Gasteiger partial charge >= 0.3 is 0 Å². The predicted octanol–water partition coefficient (Wildman–Crippen LogP) is 3.08. The van der Waals surface area contributed by atoms with E-state index in [2.05, 4.69) is 11.4 Å². The zero-order valence-corrected chi connectivity index (χ0v) is 12.9. The van der Waals surface area contributed by atoms with Gasteiger partial charge in [0.05, 0.1) is 0 Å². The largest absolute Gasteiger partial charge is 0.485 e. The van der Waals surface area contributed by atoms with Crippen LogP contribution < -0.4 is 9.47 Å². The molecule has 0 bridgehead atoms. The quantitative estimate of drug-likeness (QED) is 0.870. The van der Waals surface area contributed by atoms with Crippen molar-refractivity contribution in [3.63, 3.8) is 0 Å². The average Bonchev–Trinajstić information content (AvgIpc) is 3.27. The monoisotopic (exact) mass is 315 g/mol. The Balaban J connectivity index is 1.50. The Labute approximate surface area is 133 Å². The maximum atomic E-state index is 12.8. The number of fused-ring (bicyclic) bond motifs is 1. The van der Waals surface area contributed by atoms with Gasteiger partial charge < -0.3 is 14.4 Å². The van der Waals surface area contributed by atoms with E-state index in [0.29, 0.717) is 24.1 Å². The van der Waals surface area contributed by atoms with Crippen LogP contribution >= 0.6 is 11.3 Å². The summed E-state index contributed by atoms with van der Waals surface area (Å²) in [7, 11) is 0. The normalized spacial score (nSPS) is 19.7. The molecule has 1 atom stereocenters. The number of para-hydroxylation sites is 2. The van der Waals surface area contributed by atoms with Gasteiger partial charge in [-0.2, -0.15) is 11.3 Å². The summed E-state index contributed by atoms with van der Waals surface area (Å²) in [5.74, 6) is 1.39. The molecule has 1 aromatic carbocycles. The van der Waals surface area contributed by atoms with E-state index in [9.17, 15) is 4.79 Å². The van der Waals surface area contributed by atoms with E-state index < -0.39 is 6.10 Å². The topological polar surface area (TPSA) is 38.8 Å². The third-order valence-electron chi connectivity index (χ3n) is 3.99. The van der Waals surface area contributed by atoms with E-state index in [0.717, 1.165) is 12.8 Å². The van der Waals surface area contributed by atoms with Gasteiger partial charge in [-0.05, 0) is 47.4 Å². The highest BCUT2D eigenvalue weighted by atomic mass is 32.1. The zero-order chi connectivity index (χ0) is 14.9. The number of carbonyl (C=O) groups is 1. The molecular formula is C17H17NO3S. The van der Waals surface area contributed by atoms with Gasteiger partial charge in [-0.1, -0.05) is 12.1 Å². The Bertz CT molecular complexity index is 666. The fourth-order valence-corrected chi connectivity index (χ4v) is 3.34. The number of ether oxygens (including phenoxy) is 2. The molecule has 1 saturated carbocycles. The molecule has 4 nitrogen and oxygen atoms in total. The molecule has 1 aliphatic carbocycles. The second-order valence-electron chi connectivity index (χ2n) is 5.69. The third-order valence-corrected chi connectivity index (χ3v) is 4.72. The molecule has 2 aliphatic rings. The van der Waals surface area contributed by atoms with Gasteiger partial charge in [0.15, 0.2) is 11.5 Å². The summed E-state index contributed by atoms with van der Waals surface area (Å²) in [6.45, 7) is 0.942. The molecular weight excluding hydrogens is 298 g/mol. The van der Waals surface area contributed by atoms with Crippen LogP contribution in [0.3, 0.4) is 0 Å². The average molecular weight is 315 g/mol. The third kappa shape index (κ3) is 2.68. The Morgan fingerprint density at radius 2 is 2.05 bits per heavy atom. The number of hydrogen-bond acceptors (Lipinski definition) is 4. The predicted molar refractivity (Wildman–Crippen MR) is 84.2 cm³/mol. The fourth-order valence-electron chi connectivity index (χ4n) is 2.68. The van der Waals surface area contributed by atoms with Crippen LogP contribution in [0.15, 0.2) is 41.1 Å². The summed E-state index contributed by atoms with van der Waals surface area (Å²) in [5.41, 5.74) is 1.18. The minimum absolute atomic E-state index is 0.0307. The van der Waals surface area contributed by atoms with Crippen LogP contribution in [-0.4, -0.2) is 29.6 Å². The van der Waals surface area contributed by atoms with Gasteiger partial charge in [0, 0.05) is 12.6 Å². The van der Waals surface area contributed by atoms with Crippen molar-refractivity contribution in [2.75, 3.05) is 6.61 Å². The van der Waals surface area contributed by atoms with Crippen LogP contribution in [0.5, 0.6) is 11.5 Å². The Hall–Kier alpha value is -2.01. The fraction of sp³-hybridized carbons (Fsp3) is 0.353. The van der Waals surface area contributed by atoms with Crippen molar-refractivity contribution in [3.8, 4) is 11.5 Å². The van der Waals surface area contributed by atoms with E-state index in [1.807, 2.05) is 34.5 Å². The maximum absolute atomic E-state index is 12.8. The van der Waals surface area contributed by atoms with Crippen molar-refractivity contribution in [2.24, 2.45) is 0 Å². The van der Waals surface area contributed by atoms with E-state index in [-0.39, 0.29) is 12.5 Å². The summed E-state index contributed by atoms with van der Waals surface area (Å²) in [5, 5.41) is 4.14. The molecule has 2 heterocycles. The molecule has 1 aromatic heterocycles. The number of amides is 1. The Morgan fingerprint density at radius 1 is 1.23 bits per heavy atom.